The van der Waals surface area contributed by atoms with E-state index in [1.54, 1.807) is 44.9 Å². The molecule has 1 saturated heterocycles. The number of piperazine rings is 1. The van der Waals surface area contributed by atoms with Gasteiger partial charge in [0.1, 0.15) is 23.4 Å². The van der Waals surface area contributed by atoms with Crippen LogP contribution in [0.25, 0.3) is 10.8 Å². The smallest absolute Gasteiger partial charge is 0.312 e. The van der Waals surface area contributed by atoms with Crippen LogP contribution in [0.2, 0.25) is 0 Å². The van der Waals surface area contributed by atoms with Crippen molar-refractivity contribution < 1.29 is 58.9 Å². The molecule has 16 nitrogen and oxygen atoms in total. The first kappa shape index (κ1) is 44.9. The summed E-state index contributed by atoms with van der Waals surface area (Å²) in [5.74, 6) is -8.34. The number of likely N-dealkylation sites (N-methyl/N-ethyl adjacent to an activating group) is 1. The minimum atomic E-state index is -2.04. The van der Waals surface area contributed by atoms with Crippen LogP contribution in [0, 0.1) is 30.6 Å². The lowest BCUT2D eigenvalue weighted by Crippen LogP contribution is -2.46. The summed E-state index contributed by atoms with van der Waals surface area (Å²) in [6, 6.07) is 0. The van der Waals surface area contributed by atoms with Gasteiger partial charge in [0.2, 0.25) is 0 Å². The maximum absolute atomic E-state index is 14.4. The summed E-state index contributed by atoms with van der Waals surface area (Å²) in [6.45, 7) is 15.1. The molecule has 1 fully saturated rings. The van der Waals surface area contributed by atoms with Gasteiger partial charge in [-0.1, -0.05) is 45.9 Å². The van der Waals surface area contributed by atoms with Gasteiger partial charge in [0.05, 0.1) is 53.0 Å². The number of hydrogen-bond acceptors (Lipinski definition) is 15. The van der Waals surface area contributed by atoms with Crippen molar-refractivity contribution in [1.82, 2.24) is 9.91 Å². The van der Waals surface area contributed by atoms with Gasteiger partial charge in [-0.25, -0.2) is 0 Å². The molecule has 322 valence electrons. The molecule has 59 heavy (non-hydrogen) atoms. The Bertz CT molecular complexity index is 2070. The lowest BCUT2D eigenvalue weighted by atomic mass is 9.78. The number of amides is 1. The molecule has 6 rings (SSSR count). The normalized spacial score (nSPS) is 32.1. The number of esters is 1. The lowest BCUT2D eigenvalue weighted by molar-refractivity contribution is -0.160. The Kier molecular flexibility index (Phi) is 13.7. The molecule has 6 N–H and O–H groups in total. The summed E-state index contributed by atoms with van der Waals surface area (Å²) >= 11 is 0. The number of carbonyl (C=O) groups is 3. The van der Waals surface area contributed by atoms with Crippen LogP contribution in [0.5, 0.6) is 23.0 Å². The minimum absolute atomic E-state index is 0.0559. The fourth-order valence-electron chi connectivity index (χ4n) is 7.92. The highest BCUT2D eigenvalue weighted by Gasteiger charge is 2.50. The number of aliphatic hydroxyl groups is 2. The molecule has 2 aromatic rings. The summed E-state index contributed by atoms with van der Waals surface area (Å²) in [6.07, 6.45) is 4.86. The summed E-state index contributed by atoms with van der Waals surface area (Å²) in [4.78, 5) is 42.6. The van der Waals surface area contributed by atoms with E-state index in [1.165, 1.54) is 59.4 Å². The number of carbonyl (C=O) groups excluding carboxylic acids is 3. The van der Waals surface area contributed by atoms with Gasteiger partial charge in [-0.15, -0.1) is 0 Å². The standard InChI is InChI=1S/C43H58N4O12/c1-21-12-11-13-22(2)42(55)45-33-28(20-44-47-17-15-46(9)16-18-47)37(52)30-31(38(33)53)36(51)26(6)40-32(30)41(54)43(8,59-40)57-19-14-29(56-10)23(3)39(58-27(7)48)25(5)35(50)24(4)34(21)49/h11-14,19-21,23-25,29,34-35,39,49-53H,15-18H2,1-10H3,(H,45,55)/b12-11+,19-14+,22-13+,44-20+/t21-,23-,24+,25+,29+,34-,35+,39+,43-/m0/s1. The van der Waals surface area contributed by atoms with E-state index in [0.29, 0.717) is 13.1 Å². The molecule has 5 bridgehead atoms. The van der Waals surface area contributed by atoms with E-state index < -0.39 is 88.8 Å². The van der Waals surface area contributed by atoms with Crippen molar-refractivity contribution in [2.75, 3.05) is 45.7 Å². The van der Waals surface area contributed by atoms with Gasteiger partial charge in [-0.3, -0.25) is 19.4 Å². The van der Waals surface area contributed by atoms with Crippen molar-refractivity contribution in [3.8, 4) is 23.0 Å². The zero-order valence-corrected chi connectivity index (χ0v) is 35.3. The second-order valence-corrected chi connectivity index (χ2v) is 16.1. The minimum Gasteiger partial charge on any atom is -0.507 e. The first-order chi connectivity index (χ1) is 27.7. The molecule has 0 unspecified atom stereocenters. The first-order valence-electron chi connectivity index (χ1n) is 19.8. The van der Waals surface area contributed by atoms with Crippen molar-refractivity contribution in [1.29, 1.82) is 0 Å². The summed E-state index contributed by atoms with van der Waals surface area (Å²) < 4.78 is 23.6. The summed E-state index contributed by atoms with van der Waals surface area (Å²) in [5, 5.41) is 66.8. The van der Waals surface area contributed by atoms with Crippen LogP contribution < -0.4 is 10.1 Å². The number of benzene rings is 2. The first-order valence-corrected chi connectivity index (χ1v) is 19.8. The van der Waals surface area contributed by atoms with Crippen molar-refractivity contribution in [2.24, 2.45) is 28.8 Å². The molecule has 9 atom stereocenters. The highest BCUT2D eigenvalue weighted by Crippen LogP contribution is 2.55. The van der Waals surface area contributed by atoms with Crippen LogP contribution in [0.3, 0.4) is 0 Å². The third-order valence-corrected chi connectivity index (χ3v) is 11.9. The van der Waals surface area contributed by atoms with E-state index in [-0.39, 0.29) is 44.5 Å². The highest BCUT2D eigenvalue weighted by molar-refractivity contribution is 6.23. The average molecular weight is 823 g/mol. The Labute approximate surface area is 344 Å². The van der Waals surface area contributed by atoms with Crippen molar-refractivity contribution >= 4 is 40.3 Å². The monoisotopic (exact) mass is 822 g/mol. The highest BCUT2D eigenvalue weighted by atomic mass is 16.7. The number of rotatable bonds is 4. The zero-order chi connectivity index (χ0) is 43.7. The molecule has 0 saturated carbocycles. The largest absolute Gasteiger partial charge is 0.507 e. The summed E-state index contributed by atoms with van der Waals surface area (Å²) in [7, 11) is 3.42. The fraction of sp³-hybridized carbons (Fsp3) is 0.535. The summed E-state index contributed by atoms with van der Waals surface area (Å²) in [5.41, 5.74) is -0.350. The number of fused-ring (bicyclic) bond motifs is 14. The molecular formula is C43H58N4O12. The quantitative estimate of drug-likeness (QED) is 0.109. The number of methoxy groups -OCH3 is 1. The molecule has 4 heterocycles. The van der Waals surface area contributed by atoms with Crippen molar-refractivity contribution in [3.05, 3.63) is 52.8 Å². The van der Waals surface area contributed by atoms with E-state index >= 15 is 0 Å². The van der Waals surface area contributed by atoms with Crippen LogP contribution >= 0.6 is 0 Å². The van der Waals surface area contributed by atoms with Crippen LogP contribution in [0.4, 0.5) is 5.69 Å². The second-order valence-electron chi connectivity index (χ2n) is 16.1. The number of allylic oxidation sites excluding steroid dienone is 2. The van der Waals surface area contributed by atoms with Gasteiger partial charge in [-0.05, 0) is 27.0 Å². The number of ether oxygens (including phenoxy) is 4. The Morgan fingerprint density at radius 2 is 1.61 bits per heavy atom. The van der Waals surface area contributed by atoms with Crippen LogP contribution in [-0.2, 0) is 23.8 Å². The predicted octanol–water partition coefficient (Wildman–Crippen LogP) is 4.34. The number of nitrogens with one attached hydrogen (secondary N) is 1. The van der Waals surface area contributed by atoms with Crippen LogP contribution in [0.1, 0.15) is 70.0 Å². The average Bonchev–Trinajstić information content (AvgIpc) is 3.46. The number of phenols is 3. The van der Waals surface area contributed by atoms with Gasteiger partial charge in [0.25, 0.3) is 11.7 Å². The number of ketones is 1. The fourth-order valence-corrected chi connectivity index (χ4v) is 7.92. The molecule has 4 aliphatic heterocycles. The van der Waals surface area contributed by atoms with Gasteiger partial charge in [0.15, 0.2) is 5.75 Å². The number of nitrogens with zero attached hydrogens (tertiary/aromatic N) is 3. The van der Waals surface area contributed by atoms with Gasteiger partial charge >= 0.3 is 11.8 Å². The van der Waals surface area contributed by atoms with Gasteiger partial charge in [-0.2, -0.15) is 5.10 Å². The SMILES string of the molecule is CO[C@@H]1/C=C/O[C@@]2(C)Oc3c(C)c(O)c4c(O)c(c(/C=N/N5CCN(C)CC5)c(O)c4c3C2=O)NC(=O)/C(C)=C/C=C/[C@H](C)[C@H](O)[C@@H](C)[C@@H](O)[C@@H](C)[C@H](OC(C)=O)[C@H]1C. The Balaban J connectivity index is 1.70. The third kappa shape index (κ3) is 8.91. The third-order valence-electron chi connectivity index (χ3n) is 11.9. The number of phenolic OH excluding ortho intramolecular Hbond substituents is 3. The number of hydrogen-bond donors (Lipinski definition) is 6. The van der Waals surface area contributed by atoms with Crippen LogP contribution in [0.15, 0.2) is 41.2 Å². The van der Waals surface area contributed by atoms with Gasteiger partial charge in [0, 0.05) is 87.3 Å². The second kappa shape index (κ2) is 18.0. The molecule has 0 aliphatic carbocycles. The molecular weight excluding hydrogens is 764 g/mol. The molecule has 0 spiro atoms. The molecule has 2 aromatic carbocycles. The number of aliphatic hydroxyl groups excluding tert-OH is 2. The Morgan fingerprint density at radius 3 is 2.24 bits per heavy atom. The van der Waals surface area contributed by atoms with E-state index in [4.69, 9.17) is 18.9 Å². The Morgan fingerprint density at radius 1 is 0.949 bits per heavy atom. The van der Waals surface area contributed by atoms with E-state index in [0.717, 1.165) is 13.1 Å². The molecule has 1 amide bonds. The van der Waals surface area contributed by atoms with E-state index in [9.17, 15) is 39.9 Å². The van der Waals surface area contributed by atoms with Crippen molar-refractivity contribution in [3.63, 3.8) is 0 Å². The van der Waals surface area contributed by atoms with Crippen molar-refractivity contribution in [2.45, 2.75) is 85.6 Å². The lowest BCUT2D eigenvalue weighted by Gasteiger charge is -2.38. The maximum atomic E-state index is 14.4. The molecule has 0 aromatic heterocycles. The maximum Gasteiger partial charge on any atom is 0.312 e. The topological polar surface area (TPSA) is 220 Å². The molecule has 0 radical (unpaired) electrons. The molecule has 4 aliphatic rings. The molecule has 16 heteroatoms. The van der Waals surface area contributed by atoms with Gasteiger partial charge < -0.3 is 54.7 Å². The van der Waals surface area contributed by atoms with Crippen LogP contribution in [-0.4, -0.2) is 130 Å². The van der Waals surface area contributed by atoms with E-state index in [2.05, 4.69) is 15.3 Å². The Hall–Kier alpha value is -5.16. The number of hydrazone groups is 1. The zero-order valence-electron chi connectivity index (χ0n) is 35.3. The van der Waals surface area contributed by atoms with E-state index in [1.807, 2.05) is 7.05 Å². The number of aromatic hydroxyl groups is 3. The number of anilines is 1. The number of Topliss-reactive ketones (excluding diaryl/α,β-unsaturated/α-hetero) is 1. The predicted molar refractivity (Wildman–Crippen MR) is 220 cm³/mol.